The number of benzene rings is 2. The van der Waals surface area contributed by atoms with Crippen molar-refractivity contribution in [3.63, 3.8) is 0 Å². The van der Waals surface area contributed by atoms with Gasteiger partial charge in [0.1, 0.15) is 6.04 Å². The van der Waals surface area contributed by atoms with Crippen molar-refractivity contribution in [2.75, 3.05) is 12.4 Å². The maximum absolute atomic E-state index is 11.9. The summed E-state index contributed by atoms with van der Waals surface area (Å²) in [6, 6.07) is 14.6. The minimum absolute atomic E-state index is 0.428. The van der Waals surface area contributed by atoms with Crippen LogP contribution in [0.3, 0.4) is 0 Å². The Morgan fingerprint density at radius 3 is 2.57 bits per heavy atom. The number of primary amides is 1. The molecule has 21 heavy (non-hydrogen) atoms. The molecule has 5 heteroatoms. The molecule has 3 N–H and O–H groups in total. The van der Waals surface area contributed by atoms with Gasteiger partial charge < -0.3 is 15.8 Å². The molecule has 0 bridgehead atoms. The quantitative estimate of drug-likeness (QED) is 0.842. The van der Waals surface area contributed by atoms with E-state index in [1.54, 1.807) is 7.11 Å². The minimum atomic E-state index is -0.616. The summed E-state index contributed by atoms with van der Waals surface area (Å²) >= 11 is 3.46. The van der Waals surface area contributed by atoms with Crippen LogP contribution in [0.2, 0.25) is 0 Å². The van der Waals surface area contributed by atoms with Gasteiger partial charge in [-0.25, -0.2) is 0 Å². The second kappa shape index (κ2) is 7.24. The molecule has 0 saturated heterocycles. The normalized spacial score (nSPS) is 11.9. The van der Waals surface area contributed by atoms with Gasteiger partial charge in [0.2, 0.25) is 5.91 Å². The number of carbonyl (C=O) groups is 1. The molecule has 110 valence electrons. The molecule has 1 unspecified atom stereocenters. The Kier molecular flexibility index (Phi) is 5.36. The van der Waals surface area contributed by atoms with Crippen LogP contribution in [0, 0.1) is 0 Å². The lowest BCUT2D eigenvalue weighted by Crippen LogP contribution is -2.28. The summed E-state index contributed by atoms with van der Waals surface area (Å²) in [7, 11) is 1.62. The van der Waals surface area contributed by atoms with Gasteiger partial charge in [-0.1, -0.05) is 36.4 Å². The van der Waals surface area contributed by atoms with Crippen molar-refractivity contribution in [1.82, 2.24) is 0 Å². The first kappa shape index (κ1) is 15.5. The van der Waals surface area contributed by atoms with Crippen LogP contribution in [-0.4, -0.2) is 13.0 Å². The monoisotopic (exact) mass is 348 g/mol. The minimum Gasteiger partial charge on any atom is -0.380 e. The number of anilines is 1. The highest BCUT2D eigenvalue weighted by atomic mass is 79.9. The highest BCUT2D eigenvalue weighted by Crippen LogP contribution is 2.28. The fraction of sp³-hybridized carbons (Fsp3) is 0.188. The third-order valence-corrected chi connectivity index (χ3v) is 3.82. The van der Waals surface area contributed by atoms with Crippen LogP contribution in [0.15, 0.2) is 53.0 Å². The first-order valence-corrected chi connectivity index (χ1v) is 7.30. The Hall–Kier alpha value is -1.85. The second-order valence-corrected chi connectivity index (χ2v) is 5.45. The van der Waals surface area contributed by atoms with E-state index in [9.17, 15) is 4.79 Å². The molecule has 2 rings (SSSR count). The number of hydrogen-bond acceptors (Lipinski definition) is 3. The number of amides is 1. The molecule has 0 radical (unpaired) electrons. The van der Waals surface area contributed by atoms with E-state index in [0.29, 0.717) is 6.61 Å². The Balaban J connectivity index is 2.36. The lowest BCUT2D eigenvalue weighted by Gasteiger charge is -2.20. The molecule has 0 aliphatic carbocycles. The molecule has 2 aromatic carbocycles. The van der Waals surface area contributed by atoms with Crippen molar-refractivity contribution in [1.29, 1.82) is 0 Å². The third kappa shape index (κ3) is 3.83. The van der Waals surface area contributed by atoms with Crippen LogP contribution in [-0.2, 0) is 16.1 Å². The molecule has 0 aromatic heterocycles. The summed E-state index contributed by atoms with van der Waals surface area (Å²) < 4.78 is 6.06. The third-order valence-electron chi connectivity index (χ3n) is 3.12. The van der Waals surface area contributed by atoms with E-state index >= 15 is 0 Å². The van der Waals surface area contributed by atoms with Gasteiger partial charge in [0.05, 0.1) is 6.61 Å². The molecule has 0 heterocycles. The summed E-state index contributed by atoms with van der Waals surface area (Å²) in [5, 5.41) is 3.18. The van der Waals surface area contributed by atoms with Crippen LogP contribution in [0.4, 0.5) is 5.69 Å². The molecule has 0 spiro atoms. The highest BCUT2D eigenvalue weighted by Gasteiger charge is 2.21. The number of nitrogens with one attached hydrogen (secondary N) is 1. The van der Waals surface area contributed by atoms with Crippen LogP contribution >= 0.6 is 15.9 Å². The molecular weight excluding hydrogens is 332 g/mol. The van der Waals surface area contributed by atoms with Crippen molar-refractivity contribution < 1.29 is 9.53 Å². The van der Waals surface area contributed by atoms with E-state index in [1.807, 2.05) is 48.5 Å². The first-order chi connectivity index (χ1) is 10.1. The maximum atomic E-state index is 11.9. The molecule has 0 aliphatic rings. The molecule has 0 saturated carbocycles. The predicted molar refractivity (Wildman–Crippen MR) is 86.9 cm³/mol. The lowest BCUT2D eigenvalue weighted by atomic mass is 10.00. The lowest BCUT2D eigenvalue weighted by molar-refractivity contribution is -0.118. The summed E-state index contributed by atoms with van der Waals surface area (Å²) in [5.41, 5.74) is 8.14. The largest absolute Gasteiger partial charge is 0.380 e. The Bertz CT molecular complexity index is 631. The Labute approximate surface area is 132 Å². The number of rotatable bonds is 6. The predicted octanol–water partition coefficient (Wildman–Crippen LogP) is 3.23. The smallest absolute Gasteiger partial charge is 0.244 e. The standard InChI is InChI=1S/C16H17BrN2O2/c1-21-10-11-6-2-3-7-12(11)15(16(18)20)19-14-9-5-4-8-13(14)17/h2-9,15,19H,10H2,1H3,(H2,18,20). The number of nitrogens with two attached hydrogens (primary N) is 1. The number of ether oxygens (including phenoxy) is 1. The average Bonchev–Trinajstić information content (AvgIpc) is 2.47. The molecule has 0 aliphatic heterocycles. The van der Waals surface area contributed by atoms with Crippen molar-refractivity contribution in [3.05, 3.63) is 64.1 Å². The van der Waals surface area contributed by atoms with Gasteiger partial charge in [0.15, 0.2) is 0 Å². The van der Waals surface area contributed by atoms with Gasteiger partial charge in [-0.3, -0.25) is 4.79 Å². The fourth-order valence-electron chi connectivity index (χ4n) is 2.14. The average molecular weight is 349 g/mol. The molecule has 4 nitrogen and oxygen atoms in total. The zero-order valence-corrected chi connectivity index (χ0v) is 13.3. The van der Waals surface area contributed by atoms with E-state index in [-0.39, 0.29) is 0 Å². The van der Waals surface area contributed by atoms with Crippen molar-refractivity contribution in [2.24, 2.45) is 5.73 Å². The Morgan fingerprint density at radius 2 is 1.90 bits per heavy atom. The number of carbonyl (C=O) groups excluding carboxylic acids is 1. The van der Waals surface area contributed by atoms with Crippen molar-refractivity contribution >= 4 is 27.5 Å². The van der Waals surface area contributed by atoms with Gasteiger partial charge in [-0.15, -0.1) is 0 Å². The summed E-state index contributed by atoms with van der Waals surface area (Å²) in [6.45, 7) is 0.428. The first-order valence-electron chi connectivity index (χ1n) is 6.50. The SMILES string of the molecule is COCc1ccccc1C(Nc1ccccc1Br)C(N)=O. The number of hydrogen-bond donors (Lipinski definition) is 2. The van der Waals surface area contributed by atoms with Crippen LogP contribution in [0.1, 0.15) is 17.2 Å². The topological polar surface area (TPSA) is 64.3 Å². The number of methoxy groups -OCH3 is 1. The van der Waals surface area contributed by atoms with Gasteiger partial charge in [-0.2, -0.15) is 0 Å². The summed E-state index contributed by atoms with van der Waals surface area (Å²) in [5.74, 6) is -0.436. The van der Waals surface area contributed by atoms with Crippen LogP contribution in [0.25, 0.3) is 0 Å². The molecule has 1 amide bonds. The Morgan fingerprint density at radius 1 is 1.24 bits per heavy atom. The molecule has 2 aromatic rings. The van der Waals surface area contributed by atoms with E-state index in [2.05, 4.69) is 21.2 Å². The van der Waals surface area contributed by atoms with Gasteiger partial charge in [0, 0.05) is 17.3 Å². The van der Waals surface area contributed by atoms with Crippen molar-refractivity contribution in [2.45, 2.75) is 12.6 Å². The van der Waals surface area contributed by atoms with Crippen LogP contribution in [0.5, 0.6) is 0 Å². The fourth-order valence-corrected chi connectivity index (χ4v) is 2.54. The zero-order valence-electron chi connectivity index (χ0n) is 11.7. The maximum Gasteiger partial charge on any atom is 0.244 e. The second-order valence-electron chi connectivity index (χ2n) is 4.59. The van der Waals surface area contributed by atoms with Gasteiger partial charge >= 0.3 is 0 Å². The van der Waals surface area contributed by atoms with Gasteiger partial charge in [-0.05, 0) is 39.2 Å². The molecule has 1 atom stereocenters. The van der Waals surface area contributed by atoms with E-state index in [4.69, 9.17) is 10.5 Å². The molecular formula is C16H17BrN2O2. The van der Waals surface area contributed by atoms with E-state index < -0.39 is 11.9 Å². The number of halogens is 1. The van der Waals surface area contributed by atoms with Crippen molar-refractivity contribution in [3.8, 4) is 0 Å². The summed E-state index contributed by atoms with van der Waals surface area (Å²) in [6.07, 6.45) is 0. The van der Waals surface area contributed by atoms with E-state index in [0.717, 1.165) is 21.3 Å². The van der Waals surface area contributed by atoms with Gasteiger partial charge in [0.25, 0.3) is 0 Å². The summed E-state index contributed by atoms with van der Waals surface area (Å²) in [4.78, 5) is 11.9. The van der Waals surface area contributed by atoms with E-state index in [1.165, 1.54) is 0 Å². The number of para-hydroxylation sites is 1. The van der Waals surface area contributed by atoms with Crippen LogP contribution < -0.4 is 11.1 Å². The zero-order chi connectivity index (χ0) is 15.2. The highest BCUT2D eigenvalue weighted by molar-refractivity contribution is 9.10. The molecule has 0 fully saturated rings.